The third kappa shape index (κ3) is 4.41. The number of hydrogen-bond donors (Lipinski definition) is 0. The van der Waals surface area contributed by atoms with E-state index in [0.717, 1.165) is 37.7 Å². The lowest BCUT2D eigenvalue weighted by Gasteiger charge is -2.66. The predicted octanol–water partition coefficient (Wildman–Crippen LogP) is 3.66. The third-order valence-electron chi connectivity index (χ3n) is 10.4. The van der Waals surface area contributed by atoms with E-state index in [-0.39, 0.29) is 30.6 Å². The highest BCUT2D eigenvalue weighted by Crippen LogP contribution is 2.66. The SMILES string of the molecule is O=C1C(=O)N(C23CC(C2)C3)CCN1Cc1cc(C2[C@H]3CC(n4ccn(Cc5nnc(Br)s5)c(=O)c4=O)C[C@@H]23)c(Br)cc1F. The number of aromatic nitrogens is 4. The summed E-state index contributed by atoms with van der Waals surface area (Å²) in [4.78, 5) is 55.0. The van der Waals surface area contributed by atoms with Gasteiger partial charge in [-0.15, -0.1) is 10.2 Å². The maximum atomic E-state index is 15.1. The molecule has 0 spiro atoms. The number of carbonyl (C=O) groups excluding carboxylic acids is 2. The largest absolute Gasteiger partial charge is 0.328 e. The van der Waals surface area contributed by atoms with Gasteiger partial charge in [-0.25, -0.2) is 4.39 Å². The first-order valence-electron chi connectivity index (χ1n) is 14.5. The Labute approximate surface area is 266 Å². The van der Waals surface area contributed by atoms with Crippen molar-refractivity contribution >= 4 is 55.0 Å². The Kier molecular flexibility index (Phi) is 6.40. The molecule has 2 aromatic heterocycles. The summed E-state index contributed by atoms with van der Waals surface area (Å²) in [6.07, 6.45) is 7.81. The van der Waals surface area contributed by atoms with E-state index in [1.54, 1.807) is 21.9 Å². The summed E-state index contributed by atoms with van der Waals surface area (Å²) >= 11 is 8.12. The Balaban J connectivity index is 0.948. The van der Waals surface area contributed by atoms with Gasteiger partial charge < -0.3 is 18.9 Å². The van der Waals surface area contributed by atoms with Gasteiger partial charge in [-0.3, -0.25) is 19.2 Å². The Hall–Kier alpha value is -2.71. The van der Waals surface area contributed by atoms with Crippen LogP contribution in [0, 0.1) is 23.6 Å². The second-order valence-corrected chi connectivity index (χ2v) is 15.9. The molecule has 10 nitrogen and oxygen atoms in total. The van der Waals surface area contributed by atoms with Crippen molar-refractivity contribution in [2.75, 3.05) is 13.1 Å². The van der Waals surface area contributed by atoms with Crippen molar-refractivity contribution in [1.82, 2.24) is 29.1 Å². The van der Waals surface area contributed by atoms with E-state index in [9.17, 15) is 19.2 Å². The van der Waals surface area contributed by atoms with E-state index in [1.807, 2.05) is 6.07 Å². The van der Waals surface area contributed by atoms with Crippen LogP contribution < -0.4 is 11.1 Å². The minimum absolute atomic E-state index is 0.0600. The van der Waals surface area contributed by atoms with Crippen LogP contribution in [0.5, 0.6) is 0 Å². The van der Waals surface area contributed by atoms with Crippen LogP contribution in [0.25, 0.3) is 0 Å². The number of hydrogen-bond acceptors (Lipinski definition) is 7. The molecule has 3 aromatic rings. The topological polar surface area (TPSA) is 110 Å². The van der Waals surface area contributed by atoms with Crippen LogP contribution in [0.4, 0.5) is 4.39 Å². The predicted molar refractivity (Wildman–Crippen MR) is 161 cm³/mol. The van der Waals surface area contributed by atoms with Gasteiger partial charge in [0.25, 0.3) is 0 Å². The standard InChI is InChI=1S/C29H27Br2FN6O4S/c30-20-8-21(32)15(12-35-2-4-38(27(42)25(35)40)29-9-14(10-29)11-29)5-19(20)23-17-6-16(7-18(17)23)37-3-1-36(24(39)26(37)41)13-22-33-34-28(31)43-22/h1,3,5,8,14,16-18,23H,2,4,6-7,9-13H2/t14?,16?,17-,18+,23?,29?. The van der Waals surface area contributed by atoms with Gasteiger partial charge in [0.1, 0.15) is 10.8 Å². The van der Waals surface area contributed by atoms with E-state index < -0.39 is 28.8 Å². The molecule has 2 amide bonds. The molecular weight excluding hydrogens is 707 g/mol. The molecule has 0 radical (unpaired) electrons. The molecular formula is C29H27Br2FN6O4S. The Bertz CT molecular complexity index is 1800. The van der Waals surface area contributed by atoms with Crippen LogP contribution >= 0.6 is 43.2 Å². The molecule has 1 saturated heterocycles. The van der Waals surface area contributed by atoms with Gasteiger partial charge in [0.15, 0.2) is 3.92 Å². The summed E-state index contributed by atoms with van der Waals surface area (Å²) < 4.78 is 19.3. The normalized spacial score (nSPS) is 30.7. The van der Waals surface area contributed by atoms with Gasteiger partial charge in [0.05, 0.1) is 6.54 Å². The number of piperazine rings is 1. The number of nitrogens with zero attached hydrogens (tertiary/aromatic N) is 6. The second kappa shape index (κ2) is 9.90. The lowest BCUT2D eigenvalue weighted by molar-refractivity contribution is -0.186. The fourth-order valence-electron chi connectivity index (χ4n) is 8.11. The fourth-order valence-corrected chi connectivity index (χ4v) is 9.89. The van der Waals surface area contributed by atoms with Crippen molar-refractivity contribution in [3.8, 4) is 0 Å². The summed E-state index contributed by atoms with van der Waals surface area (Å²) in [6.45, 7) is 1.16. The van der Waals surface area contributed by atoms with Crippen molar-refractivity contribution < 1.29 is 14.0 Å². The summed E-state index contributed by atoms with van der Waals surface area (Å²) in [5.74, 6) is 0.124. The van der Waals surface area contributed by atoms with Gasteiger partial charge in [-0.2, -0.15) is 0 Å². The second-order valence-electron chi connectivity index (χ2n) is 12.7. The van der Waals surface area contributed by atoms with Crippen molar-refractivity contribution in [3.63, 3.8) is 0 Å². The average Bonchev–Trinajstić information content (AvgIpc) is 3.19. The summed E-state index contributed by atoms with van der Waals surface area (Å²) in [7, 11) is 0. The first-order valence-corrected chi connectivity index (χ1v) is 16.9. The Morgan fingerprint density at radius 1 is 0.930 bits per heavy atom. The number of fused-ring (bicyclic) bond motifs is 1. The van der Waals surface area contributed by atoms with Gasteiger partial charge in [-0.05, 0) is 89.4 Å². The molecule has 224 valence electrons. The van der Waals surface area contributed by atoms with E-state index >= 15 is 4.39 Å². The highest BCUT2D eigenvalue weighted by Gasteiger charge is 2.62. The van der Waals surface area contributed by atoms with Crippen molar-refractivity contribution in [3.05, 3.63) is 75.6 Å². The zero-order chi connectivity index (χ0) is 29.8. The van der Waals surface area contributed by atoms with E-state index in [2.05, 4.69) is 42.1 Å². The molecule has 1 aliphatic heterocycles. The van der Waals surface area contributed by atoms with Crippen molar-refractivity contribution in [1.29, 1.82) is 0 Å². The number of rotatable bonds is 7. The maximum absolute atomic E-state index is 15.1. The molecule has 3 heterocycles. The first-order chi connectivity index (χ1) is 20.6. The fraction of sp³-hybridized carbons (Fsp3) is 0.517. The first kappa shape index (κ1) is 27.8. The molecule has 4 atom stereocenters. The van der Waals surface area contributed by atoms with E-state index in [1.165, 1.54) is 26.9 Å². The lowest BCUT2D eigenvalue weighted by atomic mass is 9.49. The monoisotopic (exact) mass is 732 g/mol. The molecule has 2 unspecified atom stereocenters. The molecule has 2 bridgehead atoms. The van der Waals surface area contributed by atoms with Gasteiger partial charge in [-0.1, -0.05) is 27.3 Å². The van der Waals surface area contributed by atoms with Gasteiger partial charge >= 0.3 is 22.9 Å². The highest BCUT2D eigenvalue weighted by molar-refractivity contribution is 9.11. The molecule has 0 N–H and O–H groups in total. The lowest BCUT2D eigenvalue weighted by Crippen LogP contribution is -2.73. The number of amides is 2. The molecule has 43 heavy (non-hydrogen) atoms. The van der Waals surface area contributed by atoms with Crippen molar-refractivity contribution in [2.24, 2.45) is 17.8 Å². The van der Waals surface area contributed by atoms with Crippen LogP contribution in [0.2, 0.25) is 0 Å². The average molecular weight is 734 g/mol. The summed E-state index contributed by atoms with van der Waals surface area (Å²) in [5, 5.41) is 8.52. The van der Waals surface area contributed by atoms with Crippen LogP contribution in [0.15, 0.2) is 42.5 Å². The summed E-state index contributed by atoms with van der Waals surface area (Å²) in [5.41, 5.74) is 0.158. The van der Waals surface area contributed by atoms with Crippen LogP contribution in [0.3, 0.4) is 0 Å². The number of benzene rings is 1. The number of halogens is 3. The Morgan fingerprint density at radius 2 is 1.67 bits per heavy atom. The van der Waals surface area contributed by atoms with Gasteiger partial charge in [0, 0.05) is 53.6 Å². The molecule has 1 aromatic carbocycles. The minimum Gasteiger partial charge on any atom is -0.328 e. The highest BCUT2D eigenvalue weighted by atomic mass is 79.9. The molecule has 6 aliphatic rings. The number of carbonyl (C=O) groups is 2. The molecule has 5 saturated carbocycles. The van der Waals surface area contributed by atoms with Crippen LogP contribution in [0.1, 0.15) is 60.2 Å². The zero-order valence-electron chi connectivity index (χ0n) is 22.9. The molecule has 6 fully saturated rings. The zero-order valence-corrected chi connectivity index (χ0v) is 26.9. The summed E-state index contributed by atoms with van der Waals surface area (Å²) in [6, 6.07) is 3.22. The molecule has 9 rings (SSSR count). The quantitative estimate of drug-likeness (QED) is 0.343. The van der Waals surface area contributed by atoms with Crippen LogP contribution in [-0.4, -0.2) is 59.6 Å². The molecule has 5 aliphatic carbocycles. The van der Waals surface area contributed by atoms with Gasteiger partial charge in [0.2, 0.25) is 0 Å². The third-order valence-corrected chi connectivity index (χ3v) is 12.4. The van der Waals surface area contributed by atoms with E-state index in [4.69, 9.17) is 0 Å². The van der Waals surface area contributed by atoms with E-state index in [0.29, 0.717) is 49.8 Å². The molecule has 14 heteroatoms. The Morgan fingerprint density at radius 3 is 2.33 bits per heavy atom. The smallest absolute Gasteiger partial charge is 0.316 e. The maximum Gasteiger partial charge on any atom is 0.316 e. The minimum atomic E-state index is -0.588. The van der Waals surface area contributed by atoms with Crippen molar-refractivity contribution in [2.45, 2.75) is 62.7 Å². The van der Waals surface area contributed by atoms with Crippen LogP contribution in [-0.2, 0) is 22.7 Å².